The smallest absolute Gasteiger partial charge is 0.341 e. The second-order valence-electron chi connectivity index (χ2n) is 4.91. The number of carboxylic acid groups (broad SMARTS) is 1. The Balaban J connectivity index is 2.18. The van der Waals surface area contributed by atoms with Gasteiger partial charge in [-0.25, -0.2) is 4.79 Å². The summed E-state index contributed by atoms with van der Waals surface area (Å²) in [5, 5.41) is 9.60. The molecule has 25 heavy (non-hydrogen) atoms. The molecule has 130 valence electrons. The third kappa shape index (κ3) is 5.24. The molecule has 0 aliphatic carbocycles. The van der Waals surface area contributed by atoms with Crippen molar-refractivity contribution in [2.24, 2.45) is 0 Å². The second-order valence-corrected chi connectivity index (χ2v) is 5.76. The molecular formula is C18H14Cl2O5. The van der Waals surface area contributed by atoms with Gasteiger partial charge in [0.05, 0.1) is 7.11 Å². The number of carboxylic acids is 1. The van der Waals surface area contributed by atoms with Crippen molar-refractivity contribution < 1.29 is 24.2 Å². The first-order chi connectivity index (χ1) is 11.9. The van der Waals surface area contributed by atoms with Crippen LogP contribution in [0.3, 0.4) is 0 Å². The normalized spacial score (nSPS) is 10.7. The molecule has 0 aliphatic heterocycles. The zero-order valence-electron chi connectivity index (χ0n) is 13.2. The Hall–Kier alpha value is -2.50. The van der Waals surface area contributed by atoms with E-state index in [-0.39, 0.29) is 17.3 Å². The van der Waals surface area contributed by atoms with Crippen molar-refractivity contribution in [2.45, 2.75) is 0 Å². The Morgan fingerprint density at radius 3 is 2.52 bits per heavy atom. The lowest BCUT2D eigenvalue weighted by molar-refractivity contribution is -0.139. The molecule has 0 unspecified atom stereocenters. The second kappa shape index (κ2) is 8.55. The van der Waals surface area contributed by atoms with Crippen LogP contribution in [0.4, 0.5) is 0 Å². The maximum absolute atomic E-state index is 12.3. The van der Waals surface area contributed by atoms with E-state index in [4.69, 9.17) is 37.8 Å². The predicted molar refractivity (Wildman–Crippen MR) is 96.0 cm³/mol. The molecule has 2 rings (SSSR count). The Morgan fingerprint density at radius 2 is 1.88 bits per heavy atom. The van der Waals surface area contributed by atoms with Gasteiger partial charge < -0.3 is 14.6 Å². The van der Waals surface area contributed by atoms with Gasteiger partial charge in [0.1, 0.15) is 0 Å². The fourth-order valence-corrected chi connectivity index (χ4v) is 2.45. The van der Waals surface area contributed by atoms with Crippen LogP contribution in [-0.2, 0) is 4.79 Å². The number of halogens is 2. The van der Waals surface area contributed by atoms with Gasteiger partial charge in [0.2, 0.25) is 0 Å². The number of methoxy groups -OCH3 is 1. The summed E-state index contributed by atoms with van der Waals surface area (Å²) in [4.78, 5) is 22.9. The van der Waals surface area contributed by atoms with Crippen LogP contribution in [0.25, 0.3) is 6.08 Å². The molecule has 0 saturated heterocycles. The minimum atomic E-state index is -1.11. The highest BCUT2D eigenvalue weighted by Crippen LogP contribution is 2.28. The van der Waals surface area contributed by atoms with Crippen LogP contribution in [0.15, 0.2) is 42.5 Å². The van der Waals surface area contributed by atoms with E-state index < -0.39 is 12.6 Å². The summed E-state index contributed by atoms with van der Waals surface area (Å²) in [5.41, 5.74) is 1.02. The minimum absolute atomic E-state index is 0.242. The van der Waals surface area contributed by atoms with Crippen molar-refractivity contribution in [3.63, 3.8) is 0 Å². The van der Waals surface area contributed by atoms with Gasteiger partial charge in [0.15, 0.2) is 23.9 Å². The van der Waals surface area contributed by atoms with Gasteiger partial charge >= 0.3 is 5.97 Å². The summed E-state index contributed by atoms with van der Waals surface area (Å²) in [6.07, 6.45) is 2.96. The average molecular weight is 381 g/mol. The number of ketones is 1. The Kier molecular flexibility index (Phi) is 6.44. The maximum atomic E-state index is 12.3. The molecule has 2 aromatic carbocycles. The first-order valence-electron chi connectivity index (χ1n) is 7.11. The van der Waals surface area contributed by atoms with Crippen LogP contribution in [0.5, 0.6) is 11.5 Å². The third-order valence-corrected chi connectivity index (χ3v) is 3.74. The molecule has 0 amide bonds. The minimum Gasteiger partial charge on any atom is -0.493 e. The van der Waals surface area contributed by atoms with E-state index in [0.29, 0.717) is 21.2 Å². The molecule has 2 aromatic rings. The van der Waals surface area contributed by atoms with Gasteiger partial charge in [-0.3, -0.25) is 4.79 Å². The summed E-state index contributed by atoms with van der Waals surface area (Å²) in [5.74, 6) is -0.865. The maximum Gasteiger partial charge on any atom is 0.341 e. The Bertz CT molecular complexity index is 830. The van der Waals surface area contributed by atoms with E-state index in [2.05, 4.69) is 0 Å². The molecule has 0 spiro atoms. The molecule has 0 atom stereocenters. The molecule has 0 bridgehead atoms. The van der Waals surface area contributed by atoms with Crippen LogP contribution < -0.4 is 9.47 Å². The van der Waals surface area contributed by atoms with Crippen LogP contribution in [0, 0.1) is 0 Å². The summed E-state index contributed by atoms with van der Waals surface area (Å²) < 4.78 is 10.2. The molecule has 1 N–H and O–H groups in total. The van der Waals surface area contributed by atoms with Gasteiger partial charge in [0, 0.05) is 15.6 Å². The predicted octanol–water partition coefficient (Wildman–Crippen LogP) is 4.36. The zero-order valence-corrected chi connectivity index (χ0v) is 14.7. The Morgan fingerprint density at radius 1 is 1.12 bits per heavy atom. The summed E-state index contributed by atoms with van der Waals surface area (Å²) in [6.45, 7) is -0.501. The quantitative estimate of drug-likeness (QED) is 0.570. The molecule has 0 radical (unpaired) electrons. The number of benzene rings is 2. The third-order valence-electron chi connectivity index (χ3n) is 3.18. The van der Waals surface area contributed by atoms with Crippen LogP contribution in [0.1, 0.15) is 15.9 Å². The highest BCUT2D eigenvalue weighted by molar-refractivity contribution is 6.35. The van der Waals surface area contributed by atoms with E-state index in [9.17, 15) is 9.59 Å². The lowest BCUT2D eigenvalue weighted by Gasteiger charge is -2.10. The molecule has 0 saturated carbocycles. The van der Waals surface area contributed by atoms with Crippen molar-refractivity contribution in [1.82, 2.24) is 0 Å². The number of hydrogen-bond acceptors (Lipinski definition) is 4. The zero-order chi connectivity index (χ0) is 18.4. The lowest BCUT2D eigenvalue weighted by atomic mass is 10.1. The number of aliphatic carboxylic acids is 1. The highest BCUT2D eigenvalue weighted by atomic mass is 35.5. The van der Waals surface area contributed by atoms with Crippen LogP contribution in [-0.4, -0.2) is 30.6 Å². The van der Waals surface area contributed by atoms with E-state index in [1.54, 1.807) is 24.3 Å². The van der Waals surface area contributed by atoms with Crippen LogP contribution in [0.2, 0.25) is 10.0 Å². The number of allylic oxidation sites excluding steroid dienone is 1. The SMILES string of the molecule is COc1cc(C(=O)/C=C/c2ccc(Cl)cc2Cl)ccc1OCC(=O)O. The fourth-order valence-electron chi connectivity index (χ4n) is 1.98. The van der Waals surface area contributed by atoms with Gasteiger partial charge in [0.25, 0.3) is 0 Å². The van der Waals surface area contributed by atoms with Crippen molar-refractivity contribution in [2.75, 3.05) is 13.7 Å². The molecular weight excluding hydrogens is 367 g/mol. The van der Waals surface area contributed by atoms with E-state index in [1.807, 2.05) is 0 Å². The molecule has 5 nitrogen and oxygen atoms in total. The molecule has 0 aromatic heterocycles. The van der Waals surface area contributed by atoms with Gasteiger partial charge in [-0.2, -0.15) is 0 Å². The first kappa shape index (κ1) is 18.8. The monoisotopic (exact) mass is 380 g/mol. The van der Waals surface area contributed by atoms with E-state index >= 15 is 0 Å². The number of carbonyl (C=O) groups is 2. The average Bonchev–Trinajstić information content (AvgIpc) is 2.58. The van der Waals surface area contributed by atoms with Crippen molar-refractivity contribution >= 4 is 41.0 Å². The molecule has 0 heterocycles. The van der Waals surface area contributed by atoms with Gasteiger partial charge in [-0.1, -0.05) is 29.3 Å². The van der Waals surface area contributed by atoms with Crippen molar-refractivity contribution in [1.29, 1.82) is 0 Å². The first-order valence-corrected chi connectivity index (χ1v) is 7.86. The number of ether oxygens (including phenoxy) is 2. The molecule has 7 heteroatoms. The van der Waals surface area contributed by atoms with E-state index in [1.165, 1.54) is 31.4 Å². The summed E-state index contributed by atoms with van der Waals surface area (Å²) in [6, 6.07) is 9.46. The van der Waals surface area contributed by atoms with Crippen LogP contribution >= 0.6 is 23.2 Å². The van der Waals surface area contributed by atoms with Crippen molar-refractivity contribution in [3.05, 3.63) is 63.6 Å². The van der Waals surface area contributed by atoms with Gasteiger partial charge in [-0.15, -0.1) is 0 Å². The van der Waals surface area contributed by atoms with E-state index in [0.717, 1.165) is 0 Å². The Labute approximate surface area is 154 Å². The fraction of sp³-hybridized carbons (Fsp3) is 0.111. The largest absolute Gasteiger partial charge is 0.493 e. The summed E-state index contributed by atoms with van der Waals surface area (Å²) >= 11 is 11.9. The van der Waals surface area contributed by atoms with Crippen molar-refractivity contribution in [3.8, 4) is 11.5 Å². The highest BCUT2D eigenvalue weighted by Gasteiger charge is 2.11. The standard InChI is InChI=1S/C18H14Cl2O5/c1-24-17-8-12(4-7-16(17)25-10-18(22)23)15(21)6-3-11-2-5-13(19)9-14(11)20/h2-9H,10H2,1H3,(H,22,23)/b6-3+. The summed E-state index contributed by atoms with van der Waals surface area (Å²) in [7, 11) is 1.40. The van der Waals surface area contributed by atoms with Gasteiger partial charge in [-0.05, 0) is 48.0 Å². The molecule has 0 aliphatic rings. The number of carbonyl (C=O) groups excluding carboxylic acids is 1. The number of rotatable bonds is 7. The lowest BCUT2D eigenvalue weighted by Crippen LogP contribution is -2.10. The number of hydrogen-bond donors (Lipinski definition) is 1. The molecule has 0 fully saturated rings. The topological polar surface area (TPSA) is 72.8 Å².